The minimum Gasteiger partial charge on any atom is -0.406 e. The van der Waals surface area contributed by atoms with Crippen LogP contribution in [0.4, 0.5) is 0 Å². The second-order valence-corrected chi connectivity index (χ2v) is 15.9. The highest BCUT2D eigenvalue weighted by Gasteiger charge is 2.51. The van der Waals surface area contributed by atoms with E-state index in [9.17, 15) is 13.5 Å². The molecule has 186 valence electrons. The van der Waals surface area contributed by atoms with E-state index >= 15 is 0 Å². The fourth-order valence-corrected chi connectivity index (χ4v) is 10.2. The Kier molecular flexibility index (Phi) is 8.19. The smallest absolute Gasteiger partial charge is 0.261 e. The van der Waals surface area contributed by atoms with Crippen LogP contribution in [0.25, 0.3) is 0 Å². The lowest BCUT2D eigenvalue weighted by Crippen LogP contribution is -2.68. The Balaban J connectivity index is 2.08. The van der Waals surface area contributed by atoms with Gasteiger partial charge in [0, 0.05) is 0 Å². The molecule has 0 aliphatic heterocycles. The quantitative estimate of drug-likeness (QED) is 0.322. The van der Waals surface area contributed by atoms with Gasteiger partial charge in [0.2, 0.25) is 10.0 Å². The summed E-state index contributed by atoms with van der Waals surface area (Å²) in [6.07, 6.45) is 1.35. The van der Waals surface area contributed by atoms with Crippen molar-refractivity contribution < 1.29 is 18.0 Å². The molecular weight excluding hydrogens is 474 g/mol. The van der Waals surface area contributed by atoms with Crippen molar-refractivity contribution in [2.75, 3.05) is 6.61 Å². The topological polar surface area (TPSA) is 75.6 Å². The van der Waals surface area contributed by atoms with Crippen molar-refractivity contribution in [1.82, 2.24) is 4.72 Å². The number of hydrogen-bond acceptors (Lipinski definition) is 4. The van der Waals surface area contributed by atoms with E-state index in [1.807, 2.05) is 36.4 Å². The third-order valence-corrected chi connectivity index (χ3v) is 12.8. The Labute approximate surface area is 210 Å². The summed E-state index contributed by atoms with van der Waals surface area (Å²) in [6.45, 7) is 11.7. The largest absolute Gasteiger partial charge is 0.406 e. The van der Waals surface area contributed by atoms with Gasteiger partial charge in [-0.2, -0.15) is 0 Å². The Bertz CT molecular complexity index is 1170. The van der Waals surface area contributed by atoms with Crippen LogP contribution >= 0.6 is 0 Å². The molecule has 0 aromatic heterocycles. The number of hydrogen-bond donors (Lipinski definition) is 2. The zero-order valence-electron chi connectivity index (χ0n) is 20.8. The first kappa shape index (κ1) is 27.0. The monoisotopic (exact) mass is 509 g/mol. The van der Waals surface area contributed by atoms with E-state index in [4.69, 9.17) is 4.43 Å². The Hall–Kier alpha value is -2.55. The van der Waals surface area contributed by atoms with Crippen LogP contribution in [0.5, 0.6) is 0 Å². The lowest BCUT2D eigenvalue weighted by molar-refractivity contribution is 0.0526. The first-order valence-corrected chi connectivity index (χ1v) is 15.0. The second kappa shape index (κ2) is 10.6. The highest BCUT2D eigenvalue weighted by molar-refractivity contribution is 7.89. The highest BCUT2D eigenvalue weighted by Crippen LogP contribution is 2.37. The van der Waals surface area contributed by atoms with Gasteiger partial charge < -0.3 is 9.53 Å². The van der Waals surface area contributed by atoms with Crippen LogP contribution in [0.3, 0.4) is 0 Å². The van der Waals surface area contributed by atoms with Crippen LogP contribution in [0.2, 0.25) is 5.04 Å². The SMILES string of the molecule is C=CC(C)(O)C(CO[Si](c1ccccc1)(c1ccccc1)C(C)(C)C)NS(=O)(=O)c1ccccc1. The maximum atomic E-state index is 13.2. The van der Waals surface area contributed by atoms with Gasteiger partial charge in [0.15, 0.2) is 0 Å². The normalized spacial score (nSPS) is 15.2. The van der Waals surface area contributed by atoms with Crippen molar-refractivity contribution in [3.05, 3.63) is 104 Å². The van der Waals surface area contributed by atoms with E-state index in [2.05, 4.69) is 56.3 Å². The van der Waals surface area contributed by atoms with Gasteiger partial charge in [-0.15, -0.1) is 6.58 Å². The average molecular weight is 510 g/mol. The molecule has 0 amide bonds. The second-order valence-electron chi connectivity index (χ2n) is 9.89. The molecule has 0 fully saturated rings. The number of rotatable bonds is 10. The Morgan fingerprint density at radius 3 is 1.71 bits per heavy atom. The van der Waals surface area contributed by atoms with Crippen LogP contribution in [0.1, 0.15) is 27.7 Å². The van der Waals surface area contributed by atoms with Crippen molar-refractivity contribution in [3.8, 4) is 0 Å². The molecule has 0 saturated carbocycles. The highest BCUT2D eigenvalue weighted by atomic mass is 32.2. The van der Waals surface area contributed by atoms with Gasteiger partial charge in [-0.05, 0) is 34.5 Å². The molecule has 3 rings (SSSR count). The maximum absolute atomic E-state index is 13.2. The molecule has 0 aliphatic rings. The predicted molar refractivity (Wildman–Crippen MR) is 145 cm³/mol. The van der Waals surface area contributed by atoms with Crippen LogP contribution in [0, 0.1) is 0 Å². The summed E-state index contributed by atoms with van der Waals surface area (Å²) in [7, 11) is -6.85. The van der Waals surface area contributed by atoms with E-state index in [1.54, 1.807) is 18.2 Å². The summed E-state index contributed by atoms with van der Waals surface area (Å²) < 4.78 is 35.9. The van der Waals surface area contributed by atoms with Crippen molar-refractivity contribution in [3.63, 3.8) is 0 Å². The molecule has 0 bridgehead atoms. The van der Waals surface area contributed by atoms with Gasteiger partial charge in [0.25, 0.3) is 8.32 Å². The summed E-state index contributed by atoms with van der Waals surface area (Å²) >= 11 is 0. The van der Waals surface area contributed by atoms with Gasteiger partial charge in [-0.3, -0.25) is 0 Å². The summed E-state index contributed by atoms with van der Waals surface area (Å²) in [5, 5.41) is 13.0. The molecule has 2 unspecified atom stereocenters. The Morgan fingerprint density at radius 2 is 1.31 bits per heavy atom. The van der Waals surface area contributed by atoms with E-state index < -0.39 is 30.0 Å². The van der Waals surface area contributed by atoms with Crippen molar-refractivity contribution >= 4 is 28.7 Å². The van der Waals surface area contributed by atoms with Gasteiger partial charge in [-0.1, -0.05) is 106 Å². The molecule has 3 aromatic rings. The molecule has 2 N–H and O–H groups in total. The fraction of sp³-hybridized carbons (Fsp3) is 0.286. The average Bonchev–Trinajstić information content (AvgIpc) is 2.84. The van der Waals surface area contributed by atoms with E-state index in [0.717, 1.165) is 10.4 Å². The molecule has 0 heterocycles. The van der Waals surface area contributed by atoms with E-state index in [0.29, 0.717) is 0 Å². The van der Waals surface area contributed by atoms with E-state index in [1.165, 1.54) is 25.1 Å². The predicted octanol–water partition coefficient (Wildman–Crippen LogP) is 3.85. The minimum atomic E-state index is -3.91. The number of sulfonamides is 1. The van der Waals surface area contributed by atoms with Gasteiger partial charge in [0.05, 0.1) is 23.1 Å². The number of nitrogens with one attached hydrogen (secondary N) is 1. The Morgan fingerprint density at radius 1 is 0.886 bits per heavy atom. The standard InChI is InChI=1S/C28H35NO4SSi/c1-6-28(5,30)26(29-34(31,32)23-16-10-7-11-17-23)22-33-35(27(2,3)4,24-18-12-8-13-19-24)25-20-14-9-15-21-25/h6-21,26,29-30H,1,22H2,2-5H3. The molecule has 0 saturated heterocycles. The third kappa shape index (κ3) is 5.82. The van der Waals surface area contributed by atoms with Gasteiger partial charge in [0.1, 0.15) is 0 Å². The molecule has 5 nitrogen and oxygen atoms in total. The zero-order valence-corrected chi connectivity index (χ0v) is 22.6. The lowest BCUT2D eigenvalue weighted by atomic mass is 9.98. The summed E-state index contributed by atoms with van der Waals surface area (Å²) in [5.41, 5.74) is -1.55. The number of benzene rings is 3. The van der Waals surface area contributed by atoms with Gasteiger partial charge in [-0.25, -0.2) is 13.1 Å². The van der Waals surface area contributed by atoms with E-state index in [-0.39, 0.29) is 16.5 Å². The summed E-state index contributed by atoms with van der Waals surface area (Å²) in [4.78, 5) is 0.121. The van der Waals surface area contributed by atoms with Crippen molar-refractivity contribution in [2.24, 2.45) is 0 Å². The fourth-order valence-electron chi connectivity index (χ4n) is 4.29. The molecule has 3 aromatic carbocycles. The summed E-state index contributed by atoms with van der Waals surface area (Å²) in [6, 6.07) is 27.3. The van der Waals surface area contributed by atoms with Crippen LogP contribution in [-0.2, 0) is 14.4 Å². The van der Waals surface area contributed by atoms with Crippen LogP contribution in [-0.4, -0.2) is 40.1 Å². The molecular formula is C28H35NO4SSi. The molecule has 2 atom stereocenters. The molecule has 0 spiro atoms. The summed E-state index contributed by atoms with van der Waals surface area (Å²) in [5.74, 6) is 0. The lowest BCUT2D eigenvalue weighted by Gasteiger charge is -2.44. The van der Waals surface area contributed by atoms with Crippen LogP contribution in [0.15, 0.2) is 109 Å². The maximum Gasteiger partial charge on any atom is 0.261 e. The van der Waals surface area contributed by atoms with Crippen molar-refractivity contribution in [1.29, 1.82) is 0 Å². The first-order valence-electron chi connectivity index (χ1n) is 11.6. The third-order valence-electron chi connectivity index (χ3n) is 6.35. The first-order chi connectivity index (χ1) is 16.4. The molecule has 0 aliphatic carbocycles. The van der Waals surface area contributed by atoms with Crippen molar-refractivity contribution in [2.45, 2.75) is 49.3 Å². The number of aliphatic hydroxyl groups is 1. The zero-order chi connectivity index (χ0) is 25.7. The van der Waals surface area contributed by atoms with Crippen LogP contribution < -0.4 is 15.1 Å². The van der Waals surface area contributed by atoms with Gasteiger partial charge >= 0.3 is 0 Å². The molecule has 0 radical (unpaired) electrons. The molecule has 7 heteroatoms. The molecule has 35 heavy (non-hydrogen) atoms. The minimum absolute atomic E-state index is 0.0433.